The molecule has 1 aromatic carbocycles. The van der Waals surface area contributed by atoms with Crippen LogP contribution in [0.4, 0.5) is 0 Å². The summed E-state index contributed by atoms with van der Waals surface area (Å²) >= 11 is 0. The zero-order chi connectivity index (χ0) is 19.0. The first-order valence-electron chi connectivity index (χ1n) is 8.93. The van der Waals surface area contributed by atoms with E-state index in [2.05, 4.69) is 27.9 Å². The van der Waals surface area contributed by atoms with Crippen molar-refractivity contribution < 1.29 is 4.74 Å². The third kappa shape index (κ3) is 3.42. The van der Waals surface area contributed by atoms with Gasteiger partial charge in [0.05, 0.1) is 22.7 Å². The van der Waals surface area contributed by atoms with Gasteiger partial charge in [0, 0.05) is 30.9 Å². The Balaban J connectivity index is 1.41. The van der Waals surface area contributed by atoms with Crippen LogP contribution in [0.5, 0.6) is 5.75 Å². The Labute approximate surface area is 157 Å². The van der Waals surface area contributed by atoms with E-state index < -0.39 is 0 Å². The van der Waals surface area contributed by atoms with Gasteiger partial charge in [0.2, 0.25) is 0 Å². The molecule has 6 heteroatoms. The maximum atomic E-state index is 11.8. The van der Waals surface area contributed by atoms with Crippen molar-refractivity contribution in [3.63, 3.8) is 0 Å². The summed E-state index contributed by atoms with van der Waals surface area (Å²) in [6.45, 7) is 5.50. The lowest BCUT2D eigenvalue weighted by atomic mass is 10.00. The summed E-state index contributed by atoms with van der Waals surface area (Å²) in [4.78, 5) is 21.5. The van der Waals surface area contributed by atoms with Crippen molar-refractivity contribution in [2.75, 3.05) is 6.54 Å². The van der Waals surface area contributed by atoms with E-state index in [0.29, 0.717) is 11.1 Å². The highest BCUT2D eigenvalue weighted by Gasteiger charge is 2.37. The zero-order valence-electron chi connectivity index (χ0n) is 15.3. The molecule has 4 rings (SSSR count). The lowest BCUT2D eigenvalue weighted by Gasteiger charge is -2.45. The third-order valence-corrected chi connectivity index (χ3v) is 5.12. The molecule has 1 N–H and O–H groups in total. The second kappa shape index (κ2) is 6.86. The molecule has 0 amide bonds. The molecular formula is C21H20N4O2. The fourth-order valence-corrected chi connectivity index (χ4v) is 3.32. The Morgan fingerprint density at radius 2 is 2.11 bits per heavy atom. The average molecular weight is 360 g/mol. The van der Waals surface area contributed by atoms with Crippen molar-refractivity contribution in [1.82, 2.24) is 14.9 Å². The molecular weight excluding hydrogens is 340 g/mol. The van der Waals surface area contributed by atoms with Crippen LogP contribution >= 0.6 is 0 Å². The van der Waals surface area contributed by atoms with E-state index in [1.807, 2.05) is 30.5 Å². The largest absolute Gasteiger partial charge is 0.487 e. The lowest BCUT2D eigenvalue weighted by Crippen LogP contribution is -2.60. The number of nitriles is 1. The molecule has 1 aliphatic heterocycles. The van der Waals surface area contributed by atoms with Crippen molar-refractivity contribution in [3.05, 3.63) is 69.6 Å². The first kappa shape index (κ1) is 17.3. The highest BCUT2D eigenvalue weighted by molar-refractivity contribution is 5.74. The number of hydrogen-bond donors (Lipinski definition) is 1. The summed E-state index contributed by atoms with van der Waals surface area (Å²) in [5.41, 5.74) is 3.85. The van der Waals surface area contributed by atoms with Crippen LogP contribution in [0.2, 0.25) is 0 Å². The molecule has 3 aromatic rings. The molecule has 0 spiro atoms. The molecule has 1 aliphatic rings. The van der Waals surface area contributed by atoms with E-state index in [4.69, 9.17) is 10.00 Å². The van der Waals surface area contributed by atoms with Crippen LogP contribution in [0.1, 0.15) is 23.6 Å². The number of pyridine rings is 2. The van der Waals surface area contributed by atoms with Crippen molar-refractivity contribution >= 4 is 11.0 Å². The SMILES string of the molecule is Cc1cc2ncc(CN3C[C@H](Oc4ccc(C#N)cc4)[C@H]3C)cc2[nH]c1=O. The number of fused-ring (bicyclic) bond motifs is 1. The fraction of sp³-hybridized carbons (Fsp3) is 0.286. The molecule has 0 bridgehead atoms. The number of nitrogens with zero attached hydrogens (tertiary/aromatic N) is 3. The average Bonchev–Trinajstić information content (AvgIpc) is 2.68. The number of hydrogen-bond acceptors (Lipinski definition) is 5. The second-order valence-electron chi connectivity index (χ2n) is 7.02. The molecule has 3 heterocycles. The molecule has 0 unspecified atom stereocenters. The summed E-state index contributed by atoms with van der Waals surface area (Å²) in [7, 11) is 0. The number of aryl methyl sites for hydroxylation is 1. The predicted molar refractivity (Wildman–Crippen MR) is 103 cm³/mol. The monoisotopic (exact) mass is 360 g/mol. The minimum Gasteiger partial charge on any atom is -0.487 e. The maximum Gasteiger partial charge on any atom is 0.251 e. The van der Waals surface area contributed by atoms with E-state index in [9.17, 15) is 4.79 Å². The number of aromatic nitrogens is 2. The minimum absolute atomic E-state index is 0.0744. The number of rotatable bonds is 4. The molecule has 1 fully saturated rings. The Kier molecular flexibility index (Phi) is 4.38. The van der Waals surface area contributed by atoms with Gasteiger partial charge >= 0.3 is 0 Å². The van der Waals surface area contributed by atoms with Crippen molar-refractivity contribution in [2.45, 2.75) is 32.5 Å². The van der Waals surface area contributed by atoms with Crippen LogP contribution in [0.15, 0.2) is 47.4 Å². The van der Waals surface area contributed by atoms with E-state index in [0.717, 1.165) is 35.4 Å². The standard InChI is InChI=1S/C21H20N4O2/c1-13-7-18-19(24-21(13)26)8-16(10-23-18)11-25-12-20(14(25)2)27-17-5-3-15(9-22)4-6-17/h3-8,10,14,20H,11-12H2,1-2H3,(H,24,26)/t14-,20+/m1/s1. The maximum absolute atomic E-state index is 11.8. The first-order chi connectivity index (χ1) is 13.0. The smallest absolute Gasteiger partial charge is 0.251 e. The number of benzene rings is 1. The Morgan fingerprint density at radius 3 is 2.81 bits per heavy atom. The second-order valence-corrected chi connectivity index (χ2v) is 7.02. The predicted octanol–water partition coefficient (Wildman–Crippen LogP) is 2.75. The van der Waals surface area contributed by atoms with Crippen molar-refractivity contribution in [2.24, 2.45) is 0 Å². The van der Waals surface area contributed by atoms with Crippen LogP contribution in [0.25, 0.3) is 11.0 Å². The molecule has 27 heavy (non-hydrogen) atoms. The summed E-state index contributed by atoms with van der Waals surface area (Å²) in [5.74, 6) is 0.783. The summed E-state index contributed by atoms with van der Waals surface area (Å²) in [6, 6.07) is 13.4. The molecule has 2 atom stereocenters. The molecule has 0 aliphatic carbocycles. The molecule has 0 saturated carbocycles. The van der Waals surface area contributed by atoms with Gasteiger partial charge < -0.3 is 9.72 Å². The molecule has 0 radical (unpaired) electrons. The summed E-state index contributed by atoms with van der Waals surface area (Å²) in [6.07, 6.45) is 1.98. The van der Waals surface area contributed by atoms with Gasteiger partial charge in [-0.25, -0.2) is 0 Å². The molecule has 2 aromatic heterocycles. The van der Waals surface area contributed by atoms with Crippen LogP contribution in [-0.2, 0) is 6.54 Å². The highest BCUT2D eigenvalue weighted by atomic mass is 16.5. The number of ether oxygens (including phenoxy) is 1. The molecule has 136 valence electrons. The molecule has 6 nitrogen and oxygen atoms in total. The highest BCUT2D eigenvalue weighted by Crippen LogP contribution is 2.26. The number of aromatic amines is 1. The van der Waals surface area contributed by atoms with Gasteiger partial charge in [-0.05, 0) is 55.8 Å². The zero-order valence-corrected chi connectivity index (χ0v) is 15.3. The van der Waals surface area contributed by atoms with Crippen molar-refractivity contribution in [3.8, 4) is 11.8 Å². The quantitative estimate of drug-likeness (QED) is 0.774. The molecule has 1 saturated heterocycles. The summed E-state index contributed by atoms with van der Waals surface area (Å²) in [5, 5.41) is 8.86. The van der Waals surface area contributed by atoms with E-state index in [1.165, 1.54) is 0 Å². The third-order valence-electron chi connectivity index (χ3n) is 5.12. The van der Waals surface area contributed by atoms with Crippen LogP contribution in [-0.4, -0.2) is 33.6 Å². The Morgan fingerprint density at radius 1 is 1.33 bits per heavy atom. The Hall–Kier alpha value is -3.17. The lowest BCUT2D eigenvalue weighted by molar-refractivity contribution is -0.0413. The van der Waals surface area contributed by atoms with Gasteiger partial charge in [0.15, 0.2) is 0 Å². The van der Waals surface area contributed by atoms with Crippen LogP contribution in [0, 0.1) is 18.3 Å². The van der Waals surface area contributed by atoms with Gasteiger partial charge in [-0.3, -0.25) is 14.7 Å². The van der Waals surface area contributed by atoms with E-state index >= 15 is 0 Å². The van der Waals surface area contributed by atoms with E-state index in [-0.39, 0.29) is 17.7 Å². The van der Waals surface area contributed by atoms with Crippen molar-refractivity contribution in [1.29, 1.82) is 5.26 Å². The van der Waals surface area contributed by atoms with Gasteiger partial charge in [-0.1, -0.05) is 0 Å². The number of nitrogens with one attached hydrogen (secondary N) is 1. The normalized spacial score (nSPS) is 19.4. The van der Waals surface area contributed by atoms with Crippen LogP contribution < -0.4 is 10.3 Å². The first-order valence-corrected chi connectivity index (χ1v) is 8.93. The fourth-order valence-electron chi connectivity index (χ4n) is 3.32. The number of likely N-dealkylation sites (tertiary alicyclic amines) is 1. The van der Waals surface area contributed by atoms with Gasteiger partial charge in [0.1, 0.15) is 11.9 Å². The number of H-pyrrole nitrogens is 1. The Bertz CT molecular complexity index is 1080. The van der Waals surface area contributed by atoms with E-state index in [1.54, 1.807) is 19.1 Å². The minimum atomic E-state index is -0.0744. The summed E-state index contributed by atoms with van der Waals surface area (Å²) < 4.78 is 6.01. The van der Waals surface area contributed by atoms with Gasteiger partial charge in [-0.2, -0.15) is 5.26 Å². The van der Waals surface area contributed by atoms with Crippen LogP contribution in [0.3, 0.4) is 0 Å². The topological polar surface area (TPSA) is 82.0 Å². The van der Waals surface area contributed by atoms with Gasteiger partial charge in [-0.15, -0.1) is 0 Å². The van der Waals surface area contributed by atoms with Gasteiger partial charge in [0.25, 0.3) is 5.56 Å².